The summed E-state index contributed by atoms with van der Waals surface area (Å²) in [6, 6.07) is 8.73. The van der Waals surface area contributed by atoms with Gasteiger partial charge in [-0.3, -0.25) is 0 Å². The van der Waals surface area contributed by atoms with Crippen LogP contribution in [0, 0.1) is 17.8 Å². The second-order valence-corrected chi connectivity index (χ2v) is 7.16. The summed E-state index contributed by atoms with van der Waals surface area (Å²) in [6.07, 6.45) is 8.95. The Hall–Kier alpha value is -0.820. The van der Waals surface area contributed by atoms with Crippen LogP contribution in [0.4, 0.5) is 0 Å². The summed E-state index contributed by atoms with van der Waals surface area (Å²) < 4.78 is 0. The second-order valence-electron chi connectivity index (χ2n) is 7.16. The zero-order valence-electron chi connectivity index (χ0n) is 11.6. The van der Waals surface area contributed by atoms with Gasteiger partial charge in [0.05, 0.1) is 6.10 Å². The highest BCUT2D eigenvalue weighted by Crippen LogP contribution is 2.50. The van der Waals surface area contributed by atoms with E-state index < -0.39 is 0 Å². The first-order chi connectivity index (χ1) is 9.29. The van der Waals surface area contributed by atoms with Crippen molar-refractivity contribution < 1.29 is 5.11 Å². The lowest BCUT2D eigenvalue weighted by atomic mass is 9.73. The summed E-state index contributed by atoms with van der Waals surface area (Å²) in [6.45, 7) is 0. The molecule has 2 bridgehead atoms. The van der Waals surface area contributed by atoms with Crippen molar-refractivity contribution in [2.75, 3.05) is 0 Å². The van der Waals surface area contributed by atoms with E-state index in [2.05, 4.69) is 24.3 Å². The first-order valence-corrected chi connectivity index (χ1v) is 8.05. The Labute approximate surface area is 116 Å². The quantitative estimate of drug-likeness (QED) is 0.866. The maximum atomic E-state index is 10.4. The predicted octanol–water partition coefficient (Wildman–Crippen LogP) is 3.90. The van der Waals surface area contributed by atoms with E-state index in [0.29, 0.717) is 5.92 Å². The fourth-order valence-corrected chi connectivity index (χ4v) is 5.01. The van der Waals surface area contributed by atoms with Crippen LogP contribution in [-0.2, 0) is 6.42 Å². The molecule has 2 fully saturated rings. The van der Waals surface area contributed by atoms with E-state index in [1.807, 2.05) is 0 Å². The fraction of sp³-hybridized carbons (Fsp3) is 0.667. The molecule has 0 saturated heterocycles. The van der Waals surface area contributed by atoms with Crippen LogP contribution >= 0.6 is 0 Å². The van der Waals surface area contributed by atoms with Crippen LogP contribution in [-0.4, -0.2) is 11.2 Å². The molecule has 1 N–H and O–H groups in total. The predicted molar refractivity (Wildman–Crippen MR) is 77.1 cm³/mol. The van der Waals surface area contributed by atoms with Gasteiger partial charge in [-0.1, -0.05) is 30.7 Å². The van der Waals surface area contributed by atoms with Gasteiger partial charge < -0.3 is 5.11 Å². The summed E-state index contributed by atoms with van der Waals surface area (Å²) in [5.74, 6) is 3.42. The maximum Gasteiger partial charge on any atom is 0.0549 e. The molecule has 19 heavy (non-hydrogen) atoms. The molecule has 3 aliphatic carbocycles. The Balaban J connectivity index is 1.32. The van der Waals surface area contributed by atoms with E-state index in [-0.39, 0.29) is 6.10 Å². The lowest BCUT2D eigenvalue weighted by Crippen LogP contribution is -2.25. The van der Waals surface area contributed by atoms with E-state index in [0.717, 1.165) is 30.6 Å². The van der Waals surface area contributed by atoms with Crippen LogP contribution in [0.25, 0.3) is 0 Å². The van der Waals surface area contributed by atoms with Crippen LogP contribution in [0.5, 0.6) is 0 Å². The molecule has 0 spiro atoms. The first kappa shape index (κ1) is 12.0. The minimum atomic E-state index is -0.0669. The van der Waals surface area contributed by atoms with Crippen molar-refractivity contribution in [1.29, 1.82) is 0 Å². The minimum Gasteiger partial charge on any atom is -0.393 e. The third kappa shape index (κ3) is 2.12. The van der Waals surface area contributed by atoms with Gasteiger partial charge in [-0.2, -0.15) is 0 Å². The number of hydrogen-bond acceptors (Lipinski definition) is 1. The Morgan fingerprint density at radius 2 is 2.00 bits per heavy atom. The Kier molecular flexibility index (Phi) is 2.91. The second kappa shape index (κ2) is 4.63. The third-order valence-corrected chi connectivity index (χ3v) is 5.98. The maximum absolute atomic E-state index is 10.4. The van der Waals surface area contributed by atoms with Gasteiger partial charge >= 0.3 is 0 Å². The van der Waals surface area contributed by atoms with Gasteiger partial charge in [0.2, 0.25) is 0 Å². The lowest BCUT2D eigenvalue weighted by Gasteiger charge is -2.33. The van der Waals surface area contributed by atoms with E-state index in [1.165, 1.54) is 43.2 Å². The molecule has 2 saturated carbocycles. The monoisotopic (exact) mass is 256 g/mol. The van der Waals surface area contributed by atoms with Gasteiger partial charge in [-0.15, -0.1) is 0 Å². The molecule has 0 heterocycles. The summed E-state index contributed by atoms with van der Waals surface area (Å²) in [7, 11) is 0. The summed E-state index contributed by atoms with van der Waals surface area (Å²) >= 11 is 0. The number of fused-ring (bicyclic) bond motifs is 3. The molecule has 5 unspecified atom stereocenters. The highest BCUT2D eigenvalue weighted by atomic mass is 16.3. The molecule has 4 rings (SSSR count). The van der Waals surface area contributed by atoms with Crippen molar-refractivity contribution in [1.82, 2.24) is 0 Å². The normalized spacial score (nSPS) is 36.9. The topological polar surface area (TPSA) is 20.2 Å². The van der Waals surface area contributed by atoms with Crippen molar-refractivity contribution in [3.8, 4) is 0 Å². The standard InChI is InChI=1S/C18H24O/c19-17(10-15-8-12-5-6-13(15)7-12)11-16-9-14-3-1-2-4-18(14)16/h1-4,12-13,15-17,19H,5-11H2. The molecular formula is C18H24O. The Morgan fingerprint density at radius 1 is 1.11 bits per heavy atom. The number of rotatable bonds is 4. The van der Waals surface area contributed by atoms with Crippen LogP contribution in [0.2, 0.25) is 0 Å². The third-order valence-electron chi connectivity index (χ3n) is 5.98. The lowest BCUT2D eigenvalue weighted by molar-refractivity contribution is 0.107. The van der Waals surface area contributed by atoms with Gasteiger partial charge in [-0.25, -0.2) is 0 Å². The van der Waals surface area contributed by atoms with Gasteiger partial charge in [0.1, 0.15) is 0 Å². The summed E-state index contributed by atoms with van der Waals surface area (Å²) in [5.41, 5.74) is 2.99. The van der Waals surface area contributed by atoms with Crippen molar-refractivity contribution in [3.05, 3.63) is 35.4 Å². The van der Waals surface area contributed by atoms with Crippen LogP contribution in [0.15, 0.2) is 24.3 Å². The van der Waals surface area contributed by atoms with Crippen molar-refractivity contribution in [2.24, 2.45) is 17.8 Å². The Bertz CT molecular complexity index is 467. The van der Waals surface area contributed by atoms with Gasteiger partial charge in [0, 0.05) is 0 Å². The molecule has 0 aromatic heterocycles. The number of aliphatic hydroxyl groups is 1. The minimum absolute atomic E-state index is 0.0669. The van der Waals surface area contributed by atoms with Crippen molar-refractivity contribution >= 4 is 0 Å². The molecule has 3 aliphatic rings. The molecule has 5 atom stereocenters. The van der Waals surface area contributed by atoms with E-state index in [9.17, 15) is 5.11 Å². The van der Waals surface area contributed by atoms with Gasteiger partial charge in [0.25, 0.3) is 0 Å². The van der Waals surface area contributed by atoms with E-state index in [1.54, 1.807) is 0 Å². The Morgan fingerprint density at radius 3 is 2.74 bits per heavy atom. The van der Waals surface area contributed by atoms with Crippen molar-refractivity contribution in [3.63, 3.8) is 0 Å². The SMILES string of the molecule is OC(CC1Cc2ccccc21)CC1CC2CCC1C2. The number of hydrogen-bond donors (Lipinski definition) is 1. The first-order valence-electron chi connectivity index (χ1n) is 8.05. The molecule has 0 aliphatic heterocycles. The van der Waals surface area contributed by atoms with Crippen LogP contribution < -0.4 is 0 Å². The largest absolute Gasteiger partial charge is 0.393 e. The molecule has 1 nitrogen and oxygen atoms in total. The summed E-state index contributed by atoms with van der Waals surface area (Å²) in [5, 5.41) is 10.4. The number of aliphatic hydroxyl groups excluding tert-OH is 1. The summed E-state index contributed by atoms with van der Waals surface area (Å²) in [4.78, 5) is 0. The zero-order chi connectivity index (χ0) is 12.8. The van der Waals surface area contributed by atoms with Crippen LogP contribution in [0.1, 0.15) is 55.6 Å². The molecule has 1 aromatic rings. The zero-order valence-corrected chi connectivity index (χ0v) is 11.6. The molecule has 0 radical (unpaired) electrons. The van der Waals surface area contributed by atoms with E-state index in [4.69, 9.17) is 0 Å². The van der Waals surface area contributed by atoms with Crippen molar-refractivity contribution in [2.45, 2.75) is 57.0 Å². The number of benzene rings is 1. The van der Waals surface area contributed by atoms with E-state index >= 15 is 0 Å². The average molecular weight is 256 g/mol. The molecule has 102 valence electrons. The highest BCUT2D eigenvalue weighted by Gasteiger charge is 2.40. The molecular weight excluding hydrogens is 232 g/mol. The molecule has 0 amide bonds. The average Bonchev–Trinajstić information content (AvgIpc) is 2.98. The van der Waals surface area contributed by atoms with Crippen LogP contribution in [0.3, 0.4) is 0 Å². The highest BCUT2D eigenvalue weighted by molar-refractivity contribution is 5.39. The van der Waals surface area contributed by atoms with Gasteiger partial charge in [0.15, 0.2) is 0 Å². The molecule has 1 aromatic carbocycles. The smallest absolute Gasteiger partial charge is 0.0549 e. The fourth-order valence-electron chi connectivity index (χ4n) is 5.01. The van der Waals surface area contributed by atoms with Gasteiger partial charge in [-0.05, 0) is 73.3 Å². The molecule has 1 heteroatoms.